The molecule has 3 aromatic rings. The predicted molar refractivity (Wildman–Crippen MR) is 120 cm³/mol. The Kier molecular flexibility index (Phi) is 6.46. The number of thiazole rings is 1. The molecule has 0 radical (unpaired) electrons. The Balaban J connectivity index is 1.67. The van der Waals surface area contributed by atoms with Crippen LogP contribution in [0.4, 0.5) is 5.13 Å². The monoisotopic (exact) mass is 427 g/mol. The van der Waals surface area contributed by atoms with E-state index in [4.69, 9.17) is 21.7 Å². The maximum absolute atomic E-state index is 12.4. The fourth-order valence-electron chi connectivity index (χ4n) is 2.65. The molecule has 2 N–H and O–H groups in total. The first-order valence-corrected chi connectivity index (χ1v) is 10.1. The number of carbonyl (C=O) groups excluding carboxylic acids is 1. The molecule has 0 saturated heterocycles. The fourth-order valence-corrected chi connectivity index (χ4v) is 3.62. The van der Waals surface area contributed by atoms with Crippen LogP contribution in [0.25, 0.3) is 11.3 Å². The molecule has 2 aromatic carbocycles. The summed E-state index contributed by atoms with van der Waals surface area (Å²) in [6.07, 6.45) is 0. The van der Waals surface area contributed by atoms with Crippen molar-refractivity contribution in [2.45, 2.75) is 13.8 Å². The van der Waals surface area contributed by atoms with E-state index in [1.165, 1.54) is 11.3 Å². The van der Waals surface area contributed by atoms with Gasteiger partial charge in [0.15, 0.2) is 21.7 Å². The summed E-state index contributed by atoms with van der Waals surface area (Å²) in [5.74, 6) is 1.02. The molecule has 1 aromatic heterocycles. The minimum Gasteiger partial charge on any atom is -0.493 e. The number of nitrogens with zero attached hydrogens (tertiary/aromatic N) is 1. The minimum atomic E-state index is -0.262. The highest BCUT2D eigenvalue weighted by atomic mass is 32.1. The van der Waals surface area contributed by atoms with Crippen LogP contribution in [0, 0.1) is 13.8 Å². The first-order chi connectivity index (χ1) is 13.9. The molecule has 150 valence electrons. The standard InChI is InChI=1S/C21H21N3O3S2/c1-12-5-6-15(9-13(12)2)19(25)23-20(28)24-21-22-16(11-29-21)14-7-8-17(26-3)18(10-14)27-4/h5-11H,1-4H3,(H2,22,23,24,25,28). The number of thiocarbonyl (C=S) groups is 1. The second-order valence-corrected chi connectivity index (χ2v) is 7.58. The summed E-state index contributed by atoms with van der Waals surface area (Å²) in [5.41, 5.74) is 4.39. The lowest BCUT2D eigenvalue weighted by atomic mass is 10.1. The fraction of sp³-hybridized carbons (Fsp3) is 0.190. The molecule has 1 amide bonds. The van der Waals surface area contributed by atoms with Crippen molar-refractivity contribution in [1.82, 2.24) is 10.3 Å². The van der Waals surface area contributed by atoms with Gasteiger partial charge in [0.25, 0.3) is 5.91 Å². The highest BCUT2D eigenvalue weighted by Gasteiger charge is 2.12. The Morgan fingerprint density at radius 3 is 2.48 bits per heavy atom. The zero-order valence-electron chi connectivity index (χ0n) is 16.5. The number of hydrogen-bond donors (Lipinski definition) is 2. The van der Waals surface area contributed by atoms with Crippen LogP contribution in [0.2, 0.25) is 0 Å². The van der Waals surface area contributed by atoms with Gasteiger partial charge in [0.1, 0.15) is 0 Å². The number of benzene rings is 2. The Labute approximate surface area is 178 Å². The van der Waals surface area contributed by atoms with Gasteiger partial charge in [0, 0.05) is 16.5 Å². The van der Waals surface area contributed by atoms with E-state index in [1.807, 2.05) is 49.6 Å². The molecule has 0 aliphatic rings. The number of anilines is 1. The number of nitrogens with one attached hydrogen (secondary N) is 2. The topological polar surface area (TPSA) is 72.5 Å². The Morgan fingerprint density at radius 2 is 1.79 bits per heavy atom. The molecule has 3 rings (SSSR count). The van der Waals surface area contributed by atoms with Gasteiger partial charge >= 0.3 is 0 Å². The van der Waals surface area contributed by atoms with Gasteiger partial charge in [-0.05, 0) is 67.5 Å². The number of methoxy groups -OCH3 is 2. The van der Waals surface area contributed by atoms with Gasteiger partial charge in [-0.2, -0.15) is 0 Å². The average molecular weight is 428 g/mol. The number of rotatable bonds is 5. The van der Waals surface area contributed by atoms with Crippen LogP contribution >= 0.6 is 23.6 Å². The van der Waals surface area contributed by atoms with Crippen molar-refractivity contribution in [3.63, 3.8) is 0 Å². The smallest absolute Gasteiger partial charge is 0.257 e. The molecular weight excluding hydrogens is 406 g/mol. The van der Waals surface area contributed by atoms with Crippen molar-refractivity contribution in [2.24, 2.45) is 0 Å². The SMILES string of the molecule is COc1ccc(-c2csc(NC(=S)NC(=O)c3ccc(C)c(C)c3)n2)cc1OC. The van der Waals surface area contributed by atoms with Crippen LogP contribution in [0.1, 0.15) is 21.5 Å². The third-order valence-electron chi connectivity index (χ3n) is 4.40. The molecule has 0 bridgehead atoms. The van der Waals surface area contributed by atoms with E-state index in [0.29, 0.717) is 22.2 Å². The lowest BCUT2D eigenvalue weighted by Crippen LogP contribution is -2.34. The lowest BCUT2D eigenvalue weighted by molar-refractivity contribution is 0.0977. The number of aryl methyl sites for hydroxylation is 2. The first kappa shape index (κ1) is 20.8. The molecule has 6 nitrogen and oxygen atoms in total. The maximum Gasteiger partial charge on any atom is 0.257 e. The molecule has 0 fully saturated rings. The van der Waals surface area contributed by atoms with E-state index in [2.05, 4.69) is 15.6 Å². The number of carbonyl (C=O) groups is 1. The second-order valence-electron chi connectivity index (χ2n) is 6.31. The van der Waals surface area contributed by atoms with Crippen LogP contribution in [-0.4, -0.2) is 30.2 Å². The van der Waals surface area contributed by atoms with Gasteiger partial charge < -0.3 is 14.8 Å². The Hall–Kier alpha value is -2.97. The molecule has 8 heteroatoms. The summed E-state index contributed by atoms with van der Waals surface area (Å²) >= 11 is 6.65. The van der Waals surface area contributed by atoms with Gasteiger partial charge in [-0.3, -0.25) is 10.1 Å². The van der Waals surface area contributed by atoms with Gasteiger partial charge in [-0.1, -0.05) is 6.07 Å². The van der Waals surface area contributed by atoms with Gasteiger partial charge in [0.05, 0.1) is 19.9 Å². The molecule has 0 atom stereocenters. The Bertz CT molecular complexity index is 1060. The van der Waals surface area contributed by atoms with Crippen molar-refractivity contribution in [3.05, 3.63) is 58.5 Å². The Morgan fingerprint density at radius 1 is 1.03 bits per heavy atom. The third-order valence-corrected chi connectivity index (χ3v) is 5.36. The van der Waals surface area contributed by atoms with Crippen LogP contribution in [-0.2, 0) is 0 Å². The zero-order valence-corrected chi connectivity index (χ0v) is 18.2. The average Bonchev–Trinajstić information content (AvgIpc) is 3.17. The second kappa shape index (κ2) is 9.02. The predicted octanol–water partition coefficient (Wildman–Crippen LogP) is 4.57. The van der Waals surface area contributed by atoms with E-state index in [0.717, 1.165) is 22.4 Å². The summed E-state index contributed by atoms with van der Waals surface area (Å²) in [4.78, 5) is 16.9. The molecule has 0 unspecified atom stereocenters. The lowest BCUT2D eigenvalue weighted by Gasteiger charge is -2.09. The summed E-state index contributed by atoms with van der Waals surface area (Å²) < 4.78 is 10.6. The van der Waals surface area contributed by atoms with Gasteiger partial charge in [0.2, 0.25) is 0 Å². The molecule has 29 heavy (non-hydrogen) atoms. The molecule has 0 aliphatic heterocycles. The van der Waals surface area contributed by atoms with Gasteiger partial charge in [-0.15, -0.1) is 11.3 Å². The summed E-state index contributed by atoms with van der Waals surface area (Å²) in [5, 5.41) is 8.33. The quantitative estimate of drug-likeness (QED) is 0.581. The molecule has 0 aliphatic carbocycles. The summed E-state index contributed by atoms with van der Waals surface area (Å²) in [6.45, 7) is 3.97. The van der Waals surface area contributed by atoms with E-state index >= 15 is 0 Å². The van der Waals surface area contributed by atoms with Crippen molar-refractivity contribution in [3.8, 4) is 22.8 Å². The first-order valence-electron chi connectivity index (χ1n) is 8.78. The number of amides is 1. The van der Waals surface area contributed by atoms with Crippen LogP contribution in [0.3, 0.4) is 0 Å². The van der Waals surface area contributed by atoms with E-state index < -0.39 is 0 Å². The van der Waals surface area contributed by atoms with Crippen LogP contribution < -0.4 is 20.1 Å². The van der Waals surface area contributed by atoms with Crippen molar-refractivity contribution < 1.29 is 14.3 Å². The number of hydrogen-bond acceptors (Lipinski definition) is 6. The van der Waals surface area contributed by atoms with Crippen LogP contribution in [0.5, 0.6) is 11.5 Å². The van der Waals surface area contributed by atoms with Crippen LogP contribution in [0.15, 0.2) is 41.8 Å². The molecule has 0 saturated carbocycles. The van der Waals surface area contributed by atoms with Crippen molar-refractivity contribution in [2.75, 3.05) is 19.5 Å². The van der Waals surface area contributed by atoms with Crippen molar-refractivity contribution >= 4 is 39.7 Å². The van der Waals surface area contributed by atoms with E-state index in [1.54, 1.807) is 20.3 Å². The highest BCUT2D eigenvalue weighted by molar-refractivity contribution is 7.80. The minimum absolute atomic E-state index is 0.196. The van der Waals surface area contributed by atoms with E-state index in [9.17, 15) is 4.79 Å². The van der Waals surface area contributed by atoms with Crippen molar-refractivity contribution in [1.29, 1.82) is 0 Å². The molecular formula is C21H21N3O3S2. The third kappa shape index (κ3) is 4.90. The summed E-state index contributed by atoms with van der Waals surface area (Å²) in [6, 6.07) is 11.1. The zero-order chi connectivity index (χ0) is 21.0. The highest BCUT2D eigenvalue weighted by Crippen LogP contribution is 2.33. The largest absolute Gasteiger partial charge is 0.493 e. The molecule has 1 heterocycles. The normalized spacial score (nSPS) is 10.3. The number of aromatic nitrogens is 1. The van der Waals surface area contributed by atoms with Gasteiger partial charge in [-0.25, -0.2) is 4.98 Å². The summed E-state index contributed by atoms with van der Waals surface area (Å²) in [7, 11) is 3.18. The van der Waals surface area contributed by atoms with E-state index in [-0.39, 0.29) is 11.0 Å². The maximum atomic E-state index is 12.4. The number of ether oxygens (including phenoxy) is 2. The molecule has 0 spiro atoms.